The van der Waals surface area contributed by atoms with Crippen molar-refractivity contribution in [1.29, 1.82) is 0 Å². The second-order valence-electron chi connectivity index (χ2n) is 3.24. The first-order valence-electron chi connectivity index (χ1n) is 7.44. The van der Waals surface area contributed by atoms with Crippen molar-refractivity contribution in [2.24, 2.45) is 5.73 Å². The van der Waals surface area contributed by atoms with Crippen LogP contribution in [0.5, 0.6) is 0 Å². The number of rotatable bonds is 2. The van der Waals surface area contributed by atoms with E-state index in [0.29, 0.717) is 0 Å². The number of benzene rings is 1. The number of likely N-dealkylation sites (tertiary alicyclic amines) is 1. The predicted octanol–water partition coefficient (Wildman–Crippen LogP) is 4.95. The third-order valence-electron chi connectivity index (χ3n) is 2.07. The Bertz CT molecular complexity index is 259. The molecule has 2 nitrogen and oxygen atoms in total. The molecule has 0 saturated carbocycles. The summed E-state index contributed by atoms with van der Waals surface area (Å²) in [5.41, 5.74) is 4.50. The highest BCUT2D eigenvalue weighted by atomic mass is 79.9. The Hall–Kier alpha value is -0.640. The van der Waals surface area contributed by atoms with Crippen LogP contribution in [0.2, 0.25) is 0 Å². The van der Waals surface area contributed by atoms with Crippen LogP contribution in [0.4, 0.5) is 0 Å². The van der Waals surface area contributed by atoms with E-state index in [1.165, 1.54) is 26.6 Å². The van der Waals surface area contributed by atoms with E-state index in [0.717, 1.165) is 11.0 Å². The SMILES string of the molecule is Brc1ccccc1.C=CCN1CCC1.CC.CC.CN. The molecule has 1 aliphatic rings. The second-order valence-corrected chi connectivity index (χ2v) is 4.15. The van der Waals surface area contributed by atoms with Crippen LogP contribution in [-0.2, 0) is 0 Å². The van der Waals surface area contributed by atoms with Gasteiger partial charge in [-0.25, -0.2) is 0 Å². The highest BCUT2D eigenvalue weighted by Crippen LogP contribution is 2.05. The Morgan fingerprint density at radius 2 is 1.55 bits per heavy atom. The van der Waals surface area contributed by atoms with E-state index < -0.39 is 0 Å². The first kappa shape index (κ1) is 24.4. The van der Waals surface area contributed by atoms with Crippen molar-refractivity contribution in [2.45, 2.75) is 34.1 Å². The van der Waals surface area contributed by atoms with E-state index in [-0.39, 0.29) is 0 Å². The quantitative estimate of drug-likeness (QED) is 0.768. The lowest BCUT2D eigenvalue weighted by molar-refractivity contribution is 0.203. The molecular weight excluding hydrogens is 312 g/mol. The molecule has 20 heavy (non-hydrogen) atoms. The standard InChI is InChI=1S/C6H5Br.C6H11N.2C2H6.CH5N/c7-6-4-2-1-3-5-6;1-2-4-7-5-3-6-7;3*1-2/h1-5H;2H,1,3-6H2;2*1-2H3;2H2,1H3. The number of halogens is 1. The minimum Gasteiger partial charge on any atom is -0.333 e. The van der Waals surface area contributed by atoms with Crippen LogP contribution >= 0.6 is 15.9 Å². The topological polar surface area (TPSA) is 29.3 Å². The van der Waals surface area contributed by atoms with Gasteiger partial charge in [0, 0.05) is 11.0 Å². The average molecular weight is 345 g/mol. The molecule has 1 heterocycles. The predicted molar refractivity (Wildman–Crippen MR) is 98.2 cm³/mol. The zero-order valence-electron chi connectivity index (χ0n) is 13.9. The van der Waals surface area contributed by atoms with Gasteiger partial charge in [0.25, 0.3) is 0 Å². The molecule has 1 fully saturated rings. The van der Waals surface area contributed by atoms with Gasteiger partial charge in [-0.05, 0) is 38.7 Å². The van der Waals surface area contributed by atoms with Gasteiger partial charge in [-0.2, -0.15) is 0 Å². The van der Waals surface area contributed by atoms with Crippen molar-refractivity contribution < 1.29 is 0 Å². The lowest BCUT2D eigenvalue weighted by Crippen LogP contribution is -2.36. The van der Waals surface area contributed by atoms with Crippen molar-refractivity contribution in [3.8, 4) is 0 Å². The first-order chi connectivity index (χ1) is 9.83. The van der Waals surface area contributed by atoms with Gasteiger partial charge in [-0.1, -0.05) is 67.9 Å². The highest BCUT2D eigenvalue weighted by molar-refractivity contribution is 9.10. The van der Waals surface area contributed by atoms with E-state index >= 15 is 0 Å². The second kappa shape index (κ2) is 23.5. The zero-order valence-corrected chi connectivity index (χ0v) is 15.5. The molecule has 0 amide bonds. The Kier molecular flexibility index (Phi) is 28.6. The van der Waals surface area contributed by atoms with Crippen molar-refractivity contribution >= 4 is 15.9 Å². The van der Waals surface area contributed by atoms with Crippen LogP contribution in [0.3, 0.4) is 0 Å². The summed E-state index contributed by atoms with van der Waals surface area (Å²) >= 11 is 3.31. The summed E-state index contributed by atoms with van der Waals surface area (Å²) in [5.74, 6) is 0. The van der Waals surface area contributed by atoms with E-state index in [1.54, 1.807) is 0 Å². The van der Waals surface area contributed by atoms with Crippen LogP contribution < -0.4 is 5.73 Å². The average Bonchev–Trinajstić information content (AvgIpc) is 2.51. The molecule has 1 aromatic carbocycles. The van der Waals surface area contributed by atoms with E-state index in [4.69, 9.17) is 0 Å². The van der Waals surface area contributed by atoms with Gasteiger partial charge in [-0.15, -0.1) is 6.58 Å². The molecule has 2 N–H and O–H groups in total. The first-order valence-corrected chi connectivity index (χ1v) is 8.24. The van der Waals surface area contributed by atoms with Crippen molar-refractivity contribution in [3.63, 3.8) is 0 Å². The molecule has 0 aromatic heterocycles. The zero-order chi connectivity index (χ0) is 16.2. The van der Waals surface area contributed by atoms with Crippen LogP contribution in [0.15, 0.2) is 47.5 Å². The minimum atomic E-state index is 1.08. The fourth-order valence-electron chi connectivity index (χ4n) is 1.16. The Balaban J connectivity index is -0.000000211. The highest BCUT2D eigenvalue weighted by Gasteiger charge is 2.09. The number of nitrogens with zero attached hydrogens (tertiary/aromatic N) is 1. The van der Waals surface area contributed by atoms with Gasteiger partial charge < -0.3 is 5.73 Å². The van der Waals surface area contributed by atoms with Crippen molar-refractivity contribution in [1.82, 2.24) is 4.90 Å². The molecule has 0 radical (unpaired) electrons. The summed E-state index contributed by atoms with van der Waals surface area (Å²) < 4.78 is 1.13. The van der Waals surface area contributed by atoms with Gasteiger partial charge >= 0.3 is 0 Å². The minimum absolute atomic E-state index is 1.08. The van der Waals surface area contributed by atoms with E-state index in [1.807, 2.05) is 64.1 Å². The molecular formula is C17H33BrN2. The molecule has 2 rings (SSSR count). The van der Waals surface area contributed by atoms with E-state index in [2.05, 4.69) is 33.1 Å². The molecule has 0 unspecified atom stereocenters. The van der Waals surface area contributed by atoms with Gasteiger partial charge in [0.15, 0.2) is 0 Å². The fraction of sp³-hybridized carbons (Fsp3) is 0.529. The lowest BCUT2D eigenvalue weighted by Gasteiger charge is -2.28. The summed E-state index contributed by atoms with van der Waals surface area (Å²) in [5, 5.41) is 0. The monoisotopic (exact) mass is 344 g/mol. The van der Waals surface area contributed by atoms with Crippen LogP contribution in [-0.4, -0.2) is 31.6 Å². The van der Waals surface area contributed by atoms with Gasteiger partial charge in [-0.3, -0.25) is 4.90 Å². The number of hydrogen-bond donors (Lipinski definition) is 1. The van der Waals surface area contributed by atoms with Gasteiger partial charge in [0.1, 0.15) is 0 Å². The Morgan fingerprint density at radius 1 is 1.10 bits per heavy atom. The van der Waals surface area contributed by atoms with E-state index in [9.17, 15) is 0 Å². The molecule has 3 heteroatoms. The van der Waals surface area contributed by atoms with Crippen LogP contribution in [0.1, 0.15) is 34.1 Å². The number of hydrogen-bond acceptors (Lipinski definition) is 2. The normalized spacial score (nSPS) is 11.3. The number of nitrogens with two attached hydrogens (primary N) is 1. The molecule has 0 atom stereocenters. The molecule has 0 spiro atoms. The maximum atomic E-state index is 4.50. The largest absolute Gasteiger partial charge is 0.333 e. The van der Waals surface area contributed by atoms with Crippen molar-refractivity contribution in [2.75, 3.05) is 26.7 Å². The summed E-state index contributed by atoms with van der Waals surface area (Å²) in [7, 11) is 1.50. The molecule has 1 aromatic rings. The molecule has 0 bridgehead atoms. The summed E-state index contributed by atoms with van der Waals surface area (Å²) in [6.07, 6.45) is 3.34. The van der Waals surface area contributed by atoms with Crippen LogP contribution in [0, 0.1) is 0 Å². The Morgan fingerprint density at radius 3 is 1.70 bits per heavy atom. The van der Waals surface area contributed by atoms with Crippen molar-refractivity contribution in [3.05, 3.63) is 47.5 Å². The fourth-order valence-corrected chi connectivity index (χ4v) is 1.47. The summed E-state index contributed by atoms with van der Waals surface area (Å²) in [4.78, 5) is 2.37. The van der Waals surface area contributed by atoms with Crippen LogP contribution in [0.25, 0.3) is 0 Å². The lowest BCUT2D eigenvalue weighted by atomic mass is 10.2. The van der Waals surface area contributed by atoms with Gasteiger partial charge in [0.2, 0.25) is 0 Å². The molecule has 118 valence electrons. The third kappa shape index (κ3) is 17.4. The maximum Gasteiger partial charge on any atom is 0.0175 e. The summed E-state index contributed by atoms with van der Waals surface area (Å²) in [6, 6.07) is 9.97. The third-order valence-corrected chi connectivity index (χ3v) is 2.60. The Labute approximate surface area is 135 Å². The maximum absolute atomic E-state index is 4.50. The molecule has 1 aliphatic heterocycles. The van der Waals surface area contributed by atoms with Gasteiger partial charge in [0.05, 0.1) is 0 Å². The molecule has 1 saturated heterocycles. The smallest absolute Gasteiger partial charge is 0.0175 e. The summed E-state index contributed by atoms with van der Waals surface area (Å²) in [6.45, 7) is 15.3. The molecule has 0 aliphatic carbocycles.